The quantitative estimate of drug-likeness (QED) is 0.257. The van der Waals surface area contributed by atoms with Crippen LogP contribution in [-0.2, 0) is 4.79 Å². The highest BCUT2D eigenvalue weighted by Gasteiger charge is 2.23. The van der Waals surface area contributed by atoms with Crippen molar-refractivity contribution in [1.82, 2.24) is 10.3 Å². The van der Waals surface area contributed by atoms with Gasteiger partial charge < -0.3 is 10.6 Å². The molecule has 4 aromatic rings. The summed E-state index contributed by atoms with van der Waals surface area (Å²) in [5, 5.41) is 17.1. The van der Waals surface area contributed by atoms with Crippen LogP contribution in [0.4, 0.5) is 10.8 Å². The second-order valence-electron chi connectivity index (χ2n) is 6.63. The molecule has 0 atom stereocenters. The number of carbonyl (C=O) groups is 1. The molecule has 0 saturated carbocycles. The molecule has 0 saturated heterocycles. The maximum atomic E-state index is 13.1. The second kappa shape index (κ2) is 8.99. The molecule has 1 amide bonds. The number of carbonyl (C=O) groups excluding carboxylic acids is 1. The van der Waals surface area contributed by atoms with Gasteiger partial charge in [-0.05, 0) is 29.4 Å². The number of aromatic nitrogens is 1. The Morgan fingerprint density at radius 1 is 1.00 bits per heavy atom. The van der Waals surface area contributed by atoms with E-state index in [-0.39, 0.29) is 16.7 Å². The van der Waals surface area contributed by atoms with E-state index in [1.807, 2.05) is 60.7 Å². The van der Waals surface area contributed by atoms with E-state index in [1.54, 1.807) is 6.07 Å². The van der Waals surface area contributed by atoms with Crippen LogP contribution < -0.4 is 10.6 Å². The van der Waals surface area contributed by atoms with Gasteiger partial charge in [-0.3, -0.25) is 14.9 Å². The summed E-state index contributed by atoms with van der Waals surface area (Å²) < 4.78 is 0.650. The molecule has 0 aliphatic carbocycles. The first-order chi connectivity index (χ1) is 15.0. The summed E-state index contributed by atoms with van der Waals surface area (Å²) in [6.07, 6.45) is 0. The maximum absolute atomic E-state index is 13.1. The SMILES string of the molecule is O=C(NC(=S)Nc1nc2ccc([N+](=O)[O-])cc2s1)C(c1ccccc1)c1ccccc1. The Bertz CT molecular complexity index is 1220. The van der Waals surface area contributed by atoms with Gasteiger partial charge in [0.05, 0.1) is 21.1 Å². The van der Waals surface area contributed by atoms with Gasteiger partial charge in [-0.2, -0.15) is 0 Å². The Morgan fingerprint density at radius 2 is 1.61 bits per heavy atom. The third kappa shape index (κ3) is 4.73. The highest BCUT2D eigenvalue weighted by Crippen LogP contribution is 2.29. The molecule has 3 aromatic carbocycles. The van der Waals surface area contributed by atoms with Crippen LogP contribution in [0.2, 0.25) is 0 Å². The monoisotopic (exact) mass is 448 g/mol. The Kier molecular flexibility index (Phi) is 5.96. The average molecular weight is 449 g/mol. The van der Waals surface area contributed by atoms with Crippen LogP contribution in [0, 0.1) is 10.1 Å². The molecule has 2 N–H and O–H groups in total. The van der Waals surface area contributed by atoms with E-state index in [0.717, 1.165) is 11.1 Å². The van der Waals surface area contributed by atoms with Gasteiger partial charge in [0.2, 0.25) is 5.91 Å². The summed E-state index contributed by atoms with van der Waals surface area (Å²) in [7, 11) is 0. The standard InChI is InChI=1S/C22H16N4O3S2/c27-20(19(14-7-3-1-4-8-14)15-9-5-2-6-10-15)24-21(30)25-22-23-17-12-11-16(26(28)29)13-18(17)31-22/h1-13,19H,(H2,23,24,25,27,30). The third-order valence-electron chi connectivity index (χ3n) is 4.57. The predicted octanol–water partition coefficient (Wildman–Crippen LogP) is 4.85. The van der Waals surface area contributed by atoms with Crippen molar-refractivity contribution in [3.63, 3.8) is 0 Å². The van der Waals surface area contributed by atoms with E-state index in [2.05, 4.69) is 15.6 Å². The number of nitro groups is 1. The number of nitrogens with zero attached hydrogens (tertiary/aromatic N) is 2. The molecule has 0 bridgehead atoms. The molecular formula is C22H16N4O3S2. The molecule has 1 heterocycles. The summed E-state index contributed by atoms with van der Waals surface area (Å²) in [4.78, 5) is 28.0. The lowest BCUT2D eigenvalue weighted by Gasteiger charge is -2.18. The number of thiocarbonyl (C=S) groups is 1. The maximum Gasteiger partial charge on any atom is 0.270 e. The number of hydrogen-bond acceptors (Lipinski definition) is 6. The molecule has 154 valence electrons. The molecule has 4 rings (SSSR count). The van der Waals surface area contributed by atoms with E-state index in [1.165, 1.54) is 23.5 Å². The summed E-state index contributed by atoms with van der Waals surface area (Å²) in [6.45, 7) is 0. The zero-order chi connectivity index (χ0) is 21.8. The van der Waals surface area contributed by atoms with Crippen molar-refractivity contribution in [3.8, 4) is 0 Å². The normalized spacial score (nSPS) is 10.7. The number of anilines is 1. The van der Waals surface area contributed by atoms with E-state index in [9.17, 15) is 14.9 Å². The molecule has 0 spiro atoms. The lowest BCUT2D eigenvalue weighted by molar-refractivity contribution is -0.384. The molecule has 9 heteroatoms. The van der Waals surface area contributed by atoms with Crippen molar-refractivity contribution in [1.29, 1.82) is 0 Å². The largest absolute Gasteiger partial charge is 0.308 e. The van der Waals surface area contributed by atoms with Crippen LogP contribution in [0.15, 0.2) is 78.9 Å². The molecule has 0 radical (unpaired) electrons. The van der Waals surface area contributed by atoms with Crippen LogP contribution in [0.1, 0.15) is 17.0 Å². The van der Waals surface area contributed by atoms with Crippen LogP contribution >= 0.6 is 23.6 Å². The highest BCUT2D eigenvalue weighted by atomic mass is 32.1. The minimum Gasteiger partial charge on any atom is -0.308 e. The number of amides is 1. The summed E-state index contributed by atoms with van der Waals surface area (Å²) in [5.41, 5.74) is 2.30. The van der Waals surface area contributed by atoms with Crippen molar-refractivity contribution in [3.05, 3.63) is 100 Å². The number of hydrogen-bond donors (Lipinski definition) is 2. The van der Waals surface area contributed by atoms with Crippen LogP contribution in [0.25, 0.3) is 10.2 Å². The van der Waals surface area contributed by atoms with E-state index in [4.69, 9.17) is 12.2 Å². The first kappa shape index (κ1) is 20.6. The number of thiazole rings is 1. The Morgan fingerprint density at radius 3 is 2.19 bits per heavy atom. The number of fused-ring (bicyclic) bond motifs is 1. The lowest BCUT2D eigenvalue weighted by Crippen LogP contribution is -2.37. The van der Waals surface area contributed by atoms with E-state index >= 15 is 0 Å². The smallest absolute Gasteiger partial charge is 0.270 e. The third-order valence-corrected chi connectivity index (χ3v) is 5.71. The zero-order valence-corrected chi connectivity index (χ0v) is 17.7. The van der Waals surface area contributed by atoms with Gasteiger partial charge in [0.1, 0.15) is 0 Å². The fraction of sp³-hybridized carbons (Fsp3) is 0.0455. The fourth-order valence-electron chi connectivity index (χ4n) is 3.18. The number of non-ortho nitro benzene ring substituents is 1. The van der Waals surface area contributed by atoms with Crippen molar-refractivity contribution in [2.75, 3.05) is 5.32 Å². The minimum absolute atomic E-state index is 0.00727. The number of nitrogens with one attached hydrogen (secondary N) is 2. The summed E-state index contributed by atoms with van der Waals surface area (Å²) in [6, 6.07) is 23.4. The minimum atomic E-state index is -0.528. The molecule has 0 fully saturated rings. The fourth-order valence-corrected chi connectivity index (χ4v) is 4.34. The summed E-state index contributed by atoms with van der Waals surface area (Å²) in [5.74, 6) is -0.799. The Balaban J connectivity index is 1.52. The van der Waals surface area contributed by atoms with Gasteiger partial charge in [0.25, 0.3) is 5.69 Å². The molecule has 0 unspecified atom stereocenters. The van der Waals surface area contributed by atoms with E-state index < -0.39 is 10.8 Å². The van der Waals surface area contributed by atoms with Crippen molar-refractivity contribution in [2.24, 2.45) is 0 Å². The molecule has 31 heavy (non-hydrogen) atoms. The molecule has 0 aliphatic rings. The number of benzene rings is 3. The first-order valence-electron chi connectivity index (χ1n) is 9.28. The highest BCUT2D eigenvalue weighted by molar-refractivity contribution is 7.80. The van der Waals surface area contributed by atoms with Gasteiger partial charge in [0.15, 0.2) is 10.2 Å². The van der Waals surface area contributed by atoms with E-state index in [0.29, 0.717) is 15.3 Å². The predicted molar refractivity (Wildman–Crippen MR) is 125 cm³/mol. The van der Waals surface area contributed by atoms with Crippen molar-refractivity contribution in [2.45, 2.75) is 5.92 Å². The Labute approximate surface area is 186 Å². The van der Waals surface area contributed by atoms with Crippen LogP contribution in [0.3, 0.4) is 0 Å². The van der Waals surface area contributed by atoms with Crippen LogP contribution in [0.5, 0.6) is 0 Å². The molecule has 0 aliphatic heterocycles. The molecule has 1 aromatic heterocycles. The van der Waals surface area contributed by atoms with Gasteiger partial charge >= 0.3 is 0 Å². The van der Waals surface area contributed by atoms with Gasteiger partial charge in [-0.1, -0.05) is 72.0 Å². The average Bonchev–Trinajstić information content (AvgIpc) is 3.16. The van der Waals surface area contributed by atoms with Crippen LogP contribution in [-0.4, -0.2) is 20.9 Å². The topological polar surface area (TPSA) is 97.2 Å². The Hall–Kier alpha value is -3.69. The number of rotatable bonds is 5. The number of nitro benzene ring substituents is 1. The second-order valence-corrected chi connectivity index (χ2v) is 8.06. The van der Waals surface area contributed by atoms with Gasteiger partial charge in [-0.25, -0.2) is 4.98 Å². The summed E-state index contributed by atoms with van der Waals surface area (Å²) >= 11 is 6.54. The van der Waals surface area contributed by atoms with Crippen molar-refractivity contribution >= 4 is 55.6 Å². The lowest BCUT2D eigenvalue weighted by atomic mass is 9.90. The first-order valence-corrected chi connectivity index (χ1v) is 10.5. The molecular weight excluding hydrogens is 432 g/mol. The van der Waals surface area contributed by atoms with Gasteiger partial charge in [-0.15, -0.1) is 0 Å². The van der Waals surface area contributed by atoms with Crippen molar-refractivity contribution < 1.29 is 9.72 Å². The van der Waals surface area contributed by atoms with Gasteiger partial charge in [0, 0.05) is 12.1 Å². The molecule has 7 nitrogen and oxygen atoms in total. The zero-order valence-electron chi connectivity index (χ0n) is 16.0.